The number of nitrogens with zero attached hydrogens (tertiary/aromatic N) is 2. The van der Waals surface area contributed by atoms with Crippen LogP contribution < -0.4 is 5.32 Å². The average Bonchev–Trinajstić information content (AvgIpc) is 3.04. The van der Waals surface area contributed by atoms with Crippen LogP contribution in [0.15, 0.2) is 11.6 Å². The molecule has 1 aromatic heterocycles. The van der Waals surface area contributed by atoms with E-state index in [9.17, 15) is 4.79 Å². The average molecular weight is 311 g/mol. The Morgan fingerprint density at radius 1 is 1.62 bits per heavy atom. The number of nitrogens with one attached hydrogen (secondary N) is 1. The van der Waals surface area contributed by atoms with E-state index >= 15 is 0 Å². The van der Waals surface area contributed by atoms with Crippen molar-refractivity contribution in [3.63, 3.8) is 0 Å². The van der Waals surface area contributed by atoms with Gasteiger partial charge in [0.15, 0.2) is 0 Å². The van der Waals surface area contributed by atoms with Crippen LogP contribution in [0.3, 0.4) is 0 Å². The van der Waals surface area contributed by atoms with Gasteiger partial charge in [0, 0.05) is 30.7 Å². The molecular formula is C15H25N3O2S. The number of hydrogen-bond donors (Lipinski definition) is 1. The molecule has 2 atom stereocenters. The van der Waals surface area contributed by atoms with Crippen molar-refractivity contribution < 1.29 is 9.53 Å². The molecule has 0 unspecified atom stereocenters. The Kier molecular flexibility index (Phi) is 5.22. The fourth-order valence-electron chi connectivity index (χ4n) is 2.46. The number of ether oxygens (including phenoxy) is 1. The molecule has 2 heterocycles. The summed E-state index contributed by atoms with van der Waals surface area (Å²) in [5.41, 5.74) is -0.439. The van der Waals surface area contributed by atoms with Crippen molar-refractivity contribution in [2.24, 2.45) is 0 Å². The van der Waals surface area contributed by atoms with Crippen LogP contribution >= 0.6 is 11.3 Å². The predicted octanol–water partition coefficient (Wildman–Crippen LogP) is 3.19. The van der Waals surface area contributed by atoms with Crippen LogP contribution in [-0.4, -0.2) is 40.7 Å². The maximum Gasteiger partial charge on any atom is 0.410 e. The molecule has 5 nitrogen and oxygen atoms in total. The number of likely N-dealkylation sites (tertiary alicyclic amines) is 1. The van der Waals surface area contributed by atoms with E-state index in [1.165, 1.54) is 0 Å². The minimum Gasteiger partial charge on any atom is -0.444 e. The van der Waals surface area contributed by atoms with Crippen molar-refractivity contribution >= 4 is 17.4 Å². The van der Waals surface area contributed by atoms with Crippen LogP contribution in [0.25, 0.3) is 0 Å². The zero-order valence-electron chi connectivity index (χ0n) is 13.3. The maximum atomic E-state index is 12.2. The normalized spacial score (nSPS) is 20.6. The van der Waals surface area contributed by atoms with Gasteiger partial charge in [-0.15, -0.1) is 11.3 Å². The van der Waals surface area contributed by atoms with Gasteiger partial charge in [0.2, 0.25) is 0 Å². The summed E-state index contributed by atoms with van der Waals surface area (Å²) in [5.74, 6) is 0. The molecule has 1 saturated heterocycles. The summed E-state index contributed by atoms with van der Waals surface area (Å²) in [6, 6.07) is 0.424. The van der Waals surface area contributed by atoms with Crippen LogP contribution in [0.5, 0.6) is 0 Å². The third-order valence-corrected chi connectivity index (χ3v) is 4.44. The zero-order valence-corrected chi connectivity index (χ0v) is 14.1. The van der Waals surface area contributed by atoms with E-state index in [1.54, 1.807) is 11.3 Å². The molecule has 1 fully saturated rings. The van der Waals surface area contributed by atoms with Gasteiger partial charge in [-0.1, -0.05) is 0 Å². The second-order valence-corrected chi connectivity index (χ2v) is 7.40. The Morgan fingerprint density at radius 2 is 2.38 bits per heavy atom. The largest absolute Gasteiger partial charge is 0.444 e. The van der Waals surface area contributed by atoms with E-state index < -0.39 is 5.60 Å². The fourth-order valence-corrected chi connectivity index (χ4v) is 3.13. The zero-order chi connectivity index (χ0) is 15.5. The number of amides is 1. The highest BCUT2D eigenvalue weighted by atomic mass is 32.1. The molecule has 1 amide bonds. The second kappa shape index (κ2) is 6.75. The molecule has 0 bridgehead atoms. The third kappa shape index (κ3) is 4.68. The first-order valence-electron chi connectivity index (χ1n) is 7.49. The minimum absolute atomic E-state index is 0.200. The van der Waals surface area contributed by atoms with Gasteiger partial charge in [-0.25, -0.2) is 9.78 Å². The number of carbonyl (C=O) groups is 1. The molecule has 1 aliphatic heterocycles. The first kappa shape index (κ1) is 16.2. The van der Waals surface area contributed by atoms with Crippen LogP contribution in [0.1, 0.15) is 51.6 Å². The molecule has 0 radical (unpaired) electrons. The summed E-state index contributed by atoms with van der Waals surface area (Å²) in [7, 11) is 0. The molecule has 0 aliphatic carbocycles. The van der Waals surface area contributed by atoms with Gasteiger partial charge in [0.05, 0.1) is 6.04 Å². The molecule has 0 aromatic carbocycles. The summed E-state index contributed by atoms with van der Waals surface area (Å²) in [4.78, 5) is 18.4. The van der Waals surface area contributed by atoms with Crippen molar-refractivity contribution in [1.82, 2.24) is 15.2 Å². The van der Waals surface area contributed by atoms with E-state index in [1.807, 2.05) is 37.2 Å². The highest BCUT2D eigenvalue weighted by Gasteiger charge is 2.32. The number of aromatic nitrogens is 1. The van der Waals surface area contributed by atoms with Crippen LogP contribution in [0.4, 0.5) is 4.79 Å². The van der Waals surface area contributed by atoms with Crippen molar-refractivity contribution in [1.29, 1.82) is 0 Å². The van der Waals surface area contributed by atoms with Crippen LogP contribution in [0, 0.1) is 0 Å². The number of thiazole rings is 1. The fraction of sp³-hybridized carbons (Fsp3) is 0.733. The highest BCUT2D eigenvalue weighted by molar-refractivity contribution is 7.09. The van der Waals surface area contributed by atoms with E-state index in [2.05, 4.69) is 17.2 Å². The van der Waals surface area contributed by atoms with Gasteiger partial charge in [-0.3, -0.25) is 0 Å². The summed E-state index contributed by atoms with van der Waals surface area (Å²) in [5, 5.41) is 6.54. The lowest BCUT2D eigenvalue weighted by Gasteiger charge is -2.29. The smallest absolute Gasteiger partial charge is 0.410 e. The van der Waals surface area contributed by atoms with Gasteiger partial charge in [0.25, 0.3) is 0 Å². The summed E-state index contributed by atoms with van der Waals surface area (Å²) in [6.45, 7) is 9.37. The van der Waals surface area contributed by atoms with Crippen molar-refractivity contribution in [3.05, 3.63) is 16.6 Å². The van der Waals surface area contributed by atoms with Crippen molar-refractivity contribution in [3.8, 4) is 0 Å². The SMILES string of the molecule is C[C@H](NC[C@@H]1CCCN1C(=O)OC(C)(C)C)c1nccs1. The van der Waals surface area contributed by atoms with E-state index in [0.717, 1.165) is 30.9 Å². The van der Waals surface area contributed by atoms with Crippen LogP contribution in [-0.2, 0) is 4.74 Å². The molecule has 1 aliphatic rings. The number of hydrogen-bond acceptors (Lipinski definition) is 5. The first-order chi connectivity index (χ1) is 9.87. The Hall–Kier alpha value is -1.14. The Balaban J connectivity index is 1.86. The predicted molar refractivity (Wildman–Crippen MR) is 84.5 cm³/mol. The molecule has 2 rings (SSSR count). The van der Waals surface area contributed by atoms with Crippen LogP contribution in [0.2, 0.25) is 0 Å². The quantitative estimate of drug-likeness (QED) is 0.928. The van der Waals surface area contributed by atoms with Gasteiger partial charge in [-0.05, 0) is 40.5 Å². The van der Waals surface area contributed by atoms with Gasteiger partial charge in [-0.2, -0.15) is 0 Å². The first-order valence-corrected chi connectivity index (χ1v) is 8.37. The van der Waals surface area contributed by atoms with E-state index in [-0.39, 0.29) is 18.2 Å². The second-order valence-electron chi connectivity index (χ2n) is 6.47. The summed E-state index contributed by atoms with van der Waals surface area (Å²) in [6.07, 6.45) is 3.68. The Morgan fingerprint density at radius 3 is 3.00 bits per heavy atom. The Labute approximate surface area is 130 Å². The lowest BCUT2D eigenvalue weighted by Crippen LogP contribution is -2.44. The summed E-state index contributed by atoms with van der Waals surface area (Å²) >= 11 is 1.65. The monoisotopic (exact) mass is 311 g/mol. The lowest BCUT2D eigenvalue weighted by molar-refractivity contribution is 0.0225. The van der Waals surface area contributed by atoms with E-state index in [4.69, 9.17) is 4.74 Å². The minimum atomic E-state index is -0.439. The summed E-state index contributed by atoms with van der Waals surface area (Å²) < 4.78 is 5.48. The number of carbonyl (C=O) groups excluding carboxylic acids is 1. The highest BCUT2D eigenvalue weighted by Crippen LogP contribution is 2.21. The molecule has 1 aromatic rings. The van der Waals surface area contributed by atoms with Crippen molar-refractivity contribution in [2.45, 2.75) is 58.2 Å². The molecule has 21 heavy (non-hydrogen) atoms. The lowest BCUT2D eigenvalue weighted by atomic mass is 10.2. The topological polar surface area (TPSA) is 54.5 Å². The molecule has 6 heteroatoms. The molecule has 1 N–H and O–H groups in total. The molecular weight excluding hydrogens is 286 g/mol. The van der Waals surface area contributed by atoms with Crippen molar-refractivity contribution in [2.75, 3.05) is 13.1 Å². The maximum absolute atomic E-state index is 12.2. The van der Waals surface area contributed by atoms with Gasteiger partial charge >= 0.3 is 6.09 Å². The molecule has 0 saturated carbocycles. The third-order valence-electron chi connectivity index (χ3n) is 3.49. The molecule has 0 spiro atoms. The standard InChI is InChI=1S/C15H25N3O2S/c1-11(13-16-7-9-21-13)17-10-12-6-5-8-18(12)14(19)20-15(2,3)4/h7,9,11-12,17H,5-6,8,10H2,1-4H3/t11-,12-/m0/s1. The van der Waals surface area contributed by atoms with E-state index in [0.29, 0.717) is 0 Å². The van der Waals surface area contributed by atoms with Gasteiger partial charge < -0.3 is 15.0 Å². The Bertz CT molecular complexity index is 456. The number of rotatable bonds is 4. The molecule has 118 valence electrons. The van der Waals surface area contributed by atoms with Gasteiger partial charge in [0.1, 0.15) is 10.6 Å².